The molecule has 1 amide bonds. The Kier molecular flexibility index (Phi) is 8.30. The van der Waals surface area contributed by atoms with Gasteiger partial charge in [0.05, 0.1) is 11.1 Å². The molecule has 0 radical (unpaired) electrons. The second-order valence-electron chi connectivity index (χ2n) is 11.8. The van der Waals surface area contributed by atoms with Crippen molar-refractivity contribution in [3.05, 3.63) is 93.0 Å². The molecule has 1 aromatic heterocycles. The number of benzene rings is 3. The molecule has 1 aliphatic rings. The summed E-state index contributed by atoms with van der Waals surface area (Å²) in [6.45, 7) is 10.2. The molecule has 3 aromatic carbocycles. The maximum atomic E-state index is 13.9. The number of carbonyl (C=O) groups is 2. The number of anilines is 2. The van der Waals surface area contributed by atoms with Crippen molar-refractivity contribution in [3.63, 3.8) is 0 Å². The van der Waals surface area contributed by atoms with Crippen molar-refractivity contribution in [2.24, 2.45) is 0 Å². The minimum atomic E-state index is -0.195. The summed E-state index contributed by atoms with van der Waals surface area (Å²) in [5.74, 6) is 1.23. The third kappa shape index (κ3) is 5.60. The Morgan fingerprint density at radius 1 is 0.714 bits per heavy atom. The van der Waals surface area contributed by atoms with Crippen LogP contribution in [-0.4, -0.2) is 47.8 Å². The lowest BCUT2D eigenvalue weighted by Gasteiger charge is -2.30. The van der Waals surface area contributed by atoms with Gasteiger partial charge < -0.3 is 15.5 Å². The fraction of sp³-hybridized carbons (Fsp3) is 0.371. The van der Waals surface area contributed by atoms with E-state index in [-0.39, 0.29) is 23.8 Å². The molecule has 4 aromatic rings. The molecule has 1 aliphatic carbocycles. The molecule has 7 nitrogen and oxygen atoms in total. The number of aromatic nitrogens is 2. The SMILES string of the molecule is Cc1c(C)c(C)c(C(=O)c2ccccc2C(=O)N[C@H]2CC[C@@H](Nc3nc(N(C)C)c4ccccc4n3)CC2)c(C)c1C. The van der Waals surface area contributed by atoms with Crippen molar-refractivity contribution in [3.8, 4) is 0 Å². The topological polar surface area (TPSA) is 87.2 Å². The Balaban J connectivity index is 1.27. The minimum Gasteiger partial charge on any atom is -0.362 e. The van der Waals surface area contributed by atoms with Crippen LogP contribution in [0.1, 0.15) is 79.8 Å². The Morgan fingerprint density at radius 2 is 1.26 bits per heavy atom. The summed E-state index contributed by atoms with van der Waals surface area (Å²) in [7, 11) is 3.98. The molecule has 7 heteroatoms. The molecular formula is C35H41N5O2. The molecule has 1 fully saturated rings. The van der Waals surface area contributed by atoms with Gasteiger partial charge in [-0.1, -0.05) is 30.3 Å². The lowest BCUT2D eigenvalue weighted by Crippen LogP contribution is -2.40. The summed E-state index contributed by atoms with van der Waals surface area (Å²) in [5, 5.41) is 7.78. The van der Waals surface area contributed by atoms with E-state index in [0.717, 1.165) is 64.7 Å². The van der Waals surface area contributed by atoms with Gasteiger partial charge >= 0.3 is 0 Å². The first-order valence-corrected chi connectivity index (χ1v) is 14.8. The fourth-order valence-corrected chi connectivity index (χ4v) is 6.15. The van der Waals surface area contributed by atoms with Crippen LogP contribution in [0.25, 0.3) is 10.9 Å². The number of hydrogen-bond donors (Lipinski definition) is 2. The van der Waals surface area contributed by atoms with E-state index in [0.29, 0.717) is 22.6 Å². The van der Waals surface area contributed by atoms with Crippen LogP contribution in [0.4, 0.5) is 11.8 Å². The average Bonchev–Trinajstić information content (AvgIpc) is 2.99. The van der Waals surface area contributed by atoms with Crippen LogP contribution in [0.5, 0.6) is 0 Å². The standard InChI is InChI=1S/C35H41N5O2/c1-20-21(2)23(4)31(24(5)22(20)3)32(41)27-12-8-9-13-28(27)34(42)36-25-16-18-26(19-17-25)37-35-38-30-15-11-10-14-29(30)33(39-35)40(6)7/h8-15,25-26H,16-19H2,1-7H3,(H,36,42)(H,37,38,39)/t25-,26+. The largest absolute Gasteiger partial charge is 0.362 e. The molecular weight excluding hydrogens is 522 g/mol. The van der Waals surface area contributed by atoms with Gasteiger partial charge in [-0.05, 0) is 106 Å². The Labute approximate surface area is 248 Å². The van der Waals surface area contributed by atoms with Crippen molar-refractivity contribution in [2.45, 2.75) is 72.4 Å². The molecule has 5 rings (SSSR count). The van der Waals surface area contributed by atoms with Crippen LogP contribution in [0.2, 0.25) is 0 Å². The summed E-state index contributed by atoms with van der Waals surface area (Å²) in [5.41, 5.74) is 7.92. The van der Waals surface area contributed by atoms with E-state index in [4.69, 9.17) is 9.97 Å². The summed E-state index contributed by atoms with van der Waals surface area (Å²) >= 11 is 0. The minimum absolute atomic E-state index is 0.0425. The smallest absolute Gasteiger partial charge is 0.252 e. The lowest BCUT2D eigenvalue weighted by molar-refractivity contribution is 0.0917. The van der Waals surface area contributed by atoms with Crippen molar-refractivity contribution in [2.75, 3.05) is 24.3 Å². The first kappa shape index (κ1) is 29.2. The van der Waals surface area contributed by atoms with E-state index in [2.05, 4.69) is 31.4 Å². The summed E-state index contributed by atoms with van der Waals surface area (Å²) in [6.07, 6.45) is 3.45. The normalized spacial score (nSPS) is 16.7. The zero-order valence-corrected chi connectivity index (χ0v) is 25.8. The van der Waals surface area contributed by atoms with Gasteiger partial charge in [0.25, 0.3) is 5.91 Å². The second-order valence-corrected chi connectivity index (χ2v) is 11.8. The van der Waals surface area contributed by atoms with Crippen LogP contribution in [0.15, 0.2) is 48.5 Å². The third-order valence-corrected chi connectivity index (χ3v) is 9.05. The van der Waals surface area contributed by atoms with Crippen LogP contribution in [-0.2, 0) is 0 Å². The van der Waals surface area contributed by atoms with Crippen molar-refractivity contribution < 1.29 is 9.59 Å². The molecule has 218 valence electrons. The molecule has 0 aliphatic heterocycles. The van der Waals surface area contributed by atoms with Crippen LogP contribution in [0, 0.1) is 34.6 Å². The van der Waals surface area contributed by atoms with Gasteiger partial charge in [0.15, 0.2) is 5.78 Å². The van der Waals surface area contributed by atoms with Gasteiger partial charge in [-0.3, -0.25) is 9.59 Å². The van der Waals surface area contributed by atoms with E-state index in [9.17, 15) is 9.59 Å². The molecule has 1 heterocycles. The predicted octanol–water partition coefficient (Wildman–Crippen LogP) is 6.62. The fourth-order valence-electron chi connectivity index (χ4n) is 6.15. The molecule has 42 heavy (non-hydrogen) atoms. The van der Waals surface area contributed by atoms with E-state index in [1.54, 1.807) is 12.1 Å². The van der Waals surface area contributed by atoms with Crippen LogP contribution < -0.4 is 15.5 Å². The molecule has 2 N–H and O–H groups in total. The van der Waals surface area contributed by atoms with Crippen molar-refractivity contribution >= 4 is 34.4 Å². The van der Waals surface area contributed by atoms with Crippen molar-refractivity contribution in [1.82, 2.24) is 15.3 Å². The van der Waals surface area contributed by atoms with Gasteiger partial charge in [-0.15, -0.1) is 0 Å². The number of hydrogen-bond acceptors (Lipinski definition) is 6. The van der Waals surface area contributed by atoms with E-state index < -0.39 is 0 Å². The summed E-state index contributed by atoms with van der Waals surface area (Å²) in [6, 6.07) is 15.5. The maximum Gasteiger partial charge on any atom is 0.252 e. The van der Waals surface area contributed by atoms with Gasteiger partial charge in [0.2, 0.25) is 5.95 Å². The summed E-state index contributed by atoms with van der Waals surface area (Å²) < 4.78 is 0. The number of ketones is 1. The second kappa shape index (κ2) is 11.9. The lowest BCUT2D eigenvalue weighted by atomic mass is 9.85. The number of fused-ring (bicyclic) bond motifs is 1. The molecule has 0 bridgehead atoms. The highest BCUT2D eigenvalue weighted by atomic mass is 16.2. The molecule has 0 unspecified atom stereocenters. The Hall–Kier alpha value is -4.26. The van der Waals surface area contributed by atoms with Gasteiger partial charge in [-0.25, -0.2) is 4.98 Å². The zero-order chi connectivity index (χ0) is 30.1. The molecule has 0 spiro atoms. The van der Waals surface area contributed by atoms with E-state index in [1.165, 1.54) is 5.56 Å². The first-order chi connectivity index (χ1) is 20.1. The molecule has 1 saturated carbocycles. The van der Waals surface area contributed by atoms with Crippen LogP contribution >= 0.6 is 0 Å². The number of carbonyl (C=O) groups excluding carboxylic acids is 2. The highest BCUT2D eigenvalue weighted by Gasteiger charge is 2.27. The summed E-state index contributed by atoms with van der Waals surface area (Å²) in [4.78, 5) is 38.9. The predicted molar refractivity (Wildman–Crippen MR) is 171 cm³/mol. The monoisotopic (exact) mass is 563 g/mol. The molecule has 0 atom stereocenters. The Morgan fingerprint density at radius 3 is 1.90 bits per heavy atom. The number of rotatable bonds is 7. The van der Waals surface area contributed by atoms with Crippen molar-refractivity contribution in [1.29, 1.82) is 0 Å². The molecule has 0 saturated heterocycles. The van der Waals surface area contributed by atoms with Crippen LogP contribution in [0.3, 0.4) is 0 Å². The van der Waals surface area contributed by atoms with E-state index in [1.807, 2.05) is 69.2 Å². The van der Waals surface area contributed by atoms with Gasteiger partial charge in [0, 0.05) is 42.7 Å². The highest BCUT2D eigenvalue weighted by molar-refractivity contribution is 6.16. The number of amides is 1. The highest BCUT2D eigenvalue weighted by Crippen LogP contribution is 2.30. The van der Waals surface area contributed by atoms with Gasteiger partial charge in [-0.2, -0.15) is 4.98 Å². The van der Waals surface area contributed by atoms with E-state index >= 15 is 0 Å². The number of nitrogens with one attached hydrogen (secondary N) is 2. The number of nitrogens with zero attached hydrogens (tertiary/aromatic N) is 3. The number of para-hydroxylation sites is 1. The Bertz CT molecular complexity index is 1640. The quantitative estimate of drug-likeness (QED) is 0.246. The maximum absolute atomic E-state index is 13.9. The average molecular weight is 564 g/mol. The first-order valence-electron chi connectivity index (χ1n) is 14.8. The van der Waals surface area contributed by atoms with Gasteiger partial charge in [0.1, 0.15) is 5.82 Å². The zero-order valence-electron chi connectivity index (χ0n) is 25.8. The third-order valence-electron chi connectivity index (χ3n) is 9.05.